The number of H-pyrrole nitrogens is 1. The summed E-state index contributed by atoms with van der Waals surface area (Å²) in [7, 11) is 0. The van der Waals surface area contributed by atoms with Crippen LogP contribution < -0.4 is 15.6 Å². The van der Waals surface area contributed by atoms with Crippen LogP contribution in [0.4, 0.5) is 5.69 Å². The van der Waals surface area contributed by atoms with Crippen molar-refractivity contribution in [1.29, 1.82) is 0 Å². The van der Waals surface area contributed by atoms with Crippen LogP contribution in [-0.2, 0) is 4.79 Å². The molecule has 6 nitrogen and oxygen atoms in total. The second-order valence-corrected chi connectivity index (χ2v) is 8.33. The Bertz CT molecular complexity index is 1220. The first-order valence-corrected chi connectivity index (χ1v) is 11.1. The molecule has 8 heteroatoms. The Morgan fingerprint density at radius 3 is 2.73 bits per heavy atom. The third-order valence-electron chi connectivity index (χ3n) is 4.33. The second-order valence-electron chi connectivity index (χ2n) is 6.34. The molecule has 0 saturated carbocycles. The minimum Gasteiger partial charge on any atom is -0.492 e. The number of nitrogens with one attached hydrogen (secondary N) is 2. The van der Waals surface area contributed by atoms with E-state index in [2.05, 4.69) is 15.3 Å². The monoisotopic (exact) mass is 437 g/mol. The van der Waals surface area contributed by atoms with Gasteiger partial charge < -0.3 is 15.0 Å². The average molecular weight is 438 g/mol. The number of anilines is 1. The molecule has 0 aliphatic heterocycles. The summed E-state index contributed by atoms with van der Waals surface area (Å²) in [5.41, 5.74) is 1.20. The highest BCUT2D eigenvalue weighted by Gasteiger charge is 2.24. The zero-order chi connectivity index (χ0) is 20.9. The van der Waals surface area contributed by atoms with Crippen LogP contribution in [0.1, 0.15) is 17.7 Å². The lowest BCUT2D eigenvalue weighted by molar-refractivity contribution is -0.115. The Hall–Kier alpha value is -3.10. The maximum atomic E-state index is 13.3. The molecule has 152 valence electrons. The van der Waals surface area contributed by atoms with Crippen molar-refractivity contribution in [1.82, 2.24) is 9.97 Å². The number of thioether (sulfide) groups is 1. The maximum absolute atomic E-state index is 13.3. The molecular weight excluding hydrogens is 418 g/mol. The molecule has 1 unspecified atom stereocenters. The molecule has 2 N–H and O–H groups in total. The van der Waals surface area contributed by atoms with E-state index in [0.29, 0.717) is 33.4 Å². The van der Waals surface area contributed by atoms with Crippen LogP contribution in [0.2, 0.25) is 0 Å². The molecule has 4 rings (SSSR count). The summed E-state index contributed by atoms with van der Waals surface area (Å²) in [6.07, 6.45) is 0. The standard InChI is InChI=1S/C22H19N3O3S2/c1-2-28-17-11-7-6-10-16(17)23-20(27)18(14-8-4-3-5-9-14)30-22-24-19(26)15-12-13-29-21(15)25-22/h3-13,18H,2H2,1H3,(H,23,27)(H,24,25,26). The Kier molecular flexibility index (Phi) is 6.15. The lowest BCUT2D eigenvalue weighted by atomic mass is 10.1. The van der Waals surface area contributed by atoms with Crippen molar-refractivity contribution in [2.45, 2.75) is 17.3 Å². The van der Waals surface area contributed by atoms with Gasteiger partial charge in [-0.25, -0.2) is 4.98 Å². The first kappa shape index (κ1) is 20.2. The van der Waals surface area contributed by atoms with Gasteiger partial charge in [0.25, 0.3) is 5.56 Å². The Labute approximate surface area is 181 Å². The molecule has 0 aliphatic rings. The van der Waals surface area contributed by atoms with Crippen molar-refractivity contribution < 1.29 is 9.53 Å². The number of ether oxygens (including phenoxy) is 1. The summed E-state index contributed by atoms with van der Waals surface area (Å²) in [5, 5.41) is 5.13. The van der Waals surface area contributed by atoms with Crippen LogP contribution in [-0.4, -0.2) is 22.5 Å². The van der Waals surface area contributed by atoms with Gasteiger partial charge in [0.15, 0.2) is 5.16 Å². The van der Waals surface area contributed by atoms with Gasteiger partial charge in [-0.15, -0.1) is 11.3 Å². The van der Waals surface area contributed by atoms with E-state index in [-0.39, 0.29) is 11.5 Å². The molecule has 0 spiro atoms. The number of hydrogen-bond acceptors (Lipinski definition) is 6. The van der Waals surface area contributed by atoms with E-state index >= 15 is 0 Å². The van der Waals surface area contributed by atoms with E-state index < -0.39 is 5.25 Å². The zero-order valence-corrected chi connectivity index (χ0v) is 17.8. The normalized spacial score (nSPS) is 11.9. The number of carbonyl (C=O) groups excluding carboxylic acids is 1. The minimum absolute atomic E-state index is 0.210. The molecule has 1 amide bonds. The van der Waals surface area contributed by atoms with E-state index in [0.717, 1.165) is 5.56 Å². The summed E-state index contributed by atoms with van der Waals surface area (Å²) < 4.78 is 5.62. The van der Waals surface area contributed by atoms with E-state index in [1.54, 1.807) is 12.1 Å². The Morgan fingerprint density at radius 2 is 1.93 bits per heavy atom. The smallest absolute Gasteiger partial charge is 0.260 e. The Balaban J connectivity index is 1.66. The van der Waals surface area contributed by atoms with Crippen LogP contribution in [0.3, 0.4) is 0 Å². The molecule has 0 bridgehead atoms. The molecule has 1 atom stereocenters. The van der Waals surface area contributed by atoms with Crippen molar-refractivity contribution in [3.05, 3.63) is 82.0 Å². The second kappa shape index (κ2) is 9.15. The number of carbonyl (C=O) groups is 1. The quantitative estimate of drug-likeness (QED) is 0.319. The summed E-state index contributed by atoms with van der Waals surface area (Å²) in [5.74, 6) is 0.379. The van der Waals surface area contributed by atoms with E-state index in [1.807, 2.05) is 60.8 Å². The van der Waals surface area contributed by atoms with Gasteiger partial charge in [0.05, 0.1) is 17.7 Å². The molecule has 30 heavy (non-hydrogen) atoms. The number of amides is 1. The molecular formula is C22H19N3O3S2. The van der Waals surface area contributed by atoms with Gasteiger partial charge in [-0.05, 0) is 36.1 Å². The van der Waals surface area contributed by atoms with Crippen LogP contribution in [0, 0.1) is 0 Å². The van der Waals surface area contributed by atoms with Crippen molar-refractivity contribution in [3.8, 4) is 5.75 Å². The molecule has 0 saturated heterocycles. The summed E-state index contributed by atoms with van der Waals surface area (Å²) in [4.78, 5) is 33.6. The number of rotatable bonds is 7. The van der Waals surface area contributed by atoms with E-state index in [4.69, 9.17) is 4.74 Å². The number of nitrogens with zero attached hydrogens (tertiary/aromatic N) is 1. The van der Waals surface area contributed by atoms with Gasteiger partial charge in [0.2, 0.25) is 5.91 Å². The topological polar surface area (TPSA) is 84.1 Å². The number of hydrogen-bond donors (Lipinski definition) is 2. The van der Waals surface area contributed by atoms with Crippen LogP contribution in [0.5, 0.6) is 5.75 Å². The first-order chi connectivity index (χ1) is 14.7. The van der Waals surface area contributed by atoms with Gasteiger partial charge >= 0.3 is 0 Å². The number of fused-ring (bicyclic) bond motifs is 1. The zero-order valence-electron chi connectivity index (χ0n) is 16.1. The molecule has 0 radical (unpaired) electrons. The molecule has 0 aliphatic carbocycles. The molecule has 4 aromatic rings. The first-order valence-electron chi connectivity index (χ1n) is 9.37. The van der Waals surface area contributed by atoms with E-state index in [9.17, 15) is 9.59 Å². The number of para-hydroxylation sites is 2. The van der Waals surface area contributed by atoms with Gasteiger partial charge in [-0.3, -0.25) is 9.59 Å². The van der Waals surface area contributed by atoms with Crippen LogP contribution in [0.15, 0.2) is 76.0 Å². The number of aromatic nitrogens is 2. The van der Waals surface area contributed by atoms with Gasteiger partial charge in [-0.2, -0.15) is 0 Å². The summed E-state index contributed by atoms with van der Waals surface area (Å²) in [6, 6.07) is 18.5. The average Bonchev–Trinajstić information content (AvgIpc) is 3.23. The van der Waals surface area contributed by atoms with Crippen molar-refractivity contribution in [2.24, 2.45) is 0 Å². The molecule has 2 heterocycles. The van der Waals surface area contributed by atoms with Crippen LogP contribution in [0.25, 0.3) is 10.2 Å². The van der Waals surface area contributed by atoms with Crippen LogP contribution >= 0.6 is 23.1 Å². The number of aromatic amines is 1. The van der Waals surface area contributed by atoms with Crippen molar-refractivity contribution in [3.63, 3.8) is 0 Å². The lowest BCUT2D eigenvalue weighted by Gasteiger charge is -2.18. The molecule has 2 aromatic carbocycles. The van der Waals surface area contributed by atoms with Crippen molar-refractivity contribution >= 4 is 44.9 Å². The van der Waals surface area contributed by atoms with Gasteiger partial charge in [-0.1, -0.05) is 54.2 Å². The fourth-order valence-corrected chi connectivity index (χ4v) is 4.76. The summed E-state index contributed by atoms with van der Waals surface area (Å²) >= 11 is 2.60. The maximum Gasteiger partial charge on any atom is 0.260 e. The predicted octanol–water partition coefficient (Wildman–Crippen LogP) is 4.86. The van der Waals surface area contributed by atoms with Gasteiger partial charge in [0.1, 0.15) is 15.8 Å². The lowest BCUT2D eigenvalue weighted by Crippen LogP contribution is -2.20. The fourth-order valence-electron chi connectivity index (χ4n) is 2.96. The fraction of sp³-hybridized carbons (Fsp3) is 0.136. The van der Waals surface area contributed by atoms with E-state index in [1.165, 1.54) is 23.1 Å². The predicted molar refractivity (Wildman–Crippen MR) is 122 cm³/mol. The molecule has 2 aromatic heterocycles. The highest BCUT2D eigenvalue weighted by molar-refractivity contribution is 8.00. The number of thiophene rings is 1. The van der Waals surface area contributed by atoms with Crippen molar-refractivity contribution in [2.75, 3.05) is 11.9 Å². The molecule has 0 fully saturated rings. The largest absolute Gasteiger partial charge is 0.492 e. The third-order valence-corrected chi connectivity index (χ3v) is 6.27. The summed E-state index contributed by atoms with van der Waals surface area (Å²) in [6.45, 7) is 2.39. The van der Waals surface area contributed by atoms with Gasteiger partial charge in [0, 0.05) is 0 Å². The SMILES string of the molecule is CCOc1ccccc1NC(=O)C(Sc1nc2sccc2c(=O)[nH]1)c1ccccc1. The Morgan fingerprint density at radius 1 is 1.17 bits per heavy atom. The third kappa shape index (κ3) is 4.39. The number of benzene rings is 2. The highest BCUT2D eigenvalue weighted by atomic mass is 32.2. The minimum atomic E-state index is -0.610. The highest BCUT2D eigenvalue weighted by Crippen LogP contribution is 2.36.